The van der Waals surface area contributed by atoms with Crippen LogP contribution in [0.4, 0.5) is 5.00 Å². The maximum atomic E-state index is 12.6. The summed E-state index contributed by atoms with van der Waals surface area (Å²) in [5, 5.41) is 5.03. The lowest BCUT2D eigenvalue weighted by molar-refractivity contribution is -0.115. The summed E-state index contributed by atoms with van der Waals surface area (Å²) in [7, 11) is 2.85. The predicted octanol–water partition coefficient (Wildman–Crippen LogP) is 4.65. The summed E-state index contributed by atoms with van der Waals surface area (Å²) in [4.78, 5) is 24.7. The Balaban J connectivity index is 1.70. The summed E-state index contributed by atoms with van der Waals surface area (Å²) in [6, 6.07) is 16.8. The van der Waals surface area contributed by atoms with Gasteiger partial charge in [0.2, 0.25) is 5.91 Å². The van der Waals surface area contributed by atoms with Crippen molar-refractivity contribution in [3.05, 3.63) is 76.7 Å². The quantitative estimate of drug-likeness (QED) is 0.546. The van der Waals surface area contributed by atoms with E-state index in [1.807, 2.05) is 54.6 Å². The number of thiophene rings is 1. The number of carbonyl (C=O) groups is 2. The molecule has 29 heavy (non-hydrogen) atoms. The minimum atomic E-state index is -0.508. The summed E-state index contributed by atoms with van der Waals surface area (Å²) >= 11 is 1.27. The van der Waals surface area contributed by atoms with E-state index in [0.29, 0.717) is 21.9 Å². The summed E-state index contributed by atoms with van der Waals surface area (Å²) in [6.07, 6.45) is 0.143. The van der Waals surface area contributed by atoms with Gasteiger partial charge in [0.05, 0.1) is 25.7 Å². The zero-order chi connectivity index (χ0) is 20.6. The van der Waals surface area contributed by atoms with Gasteiger partial charge in [-0.05, 0) is 35.2 Å². The number of ether oxygens (including phenoxy) is 3. The first-order chi connectivity index (χ1) is 14.1. The standard InChI is InChI=1S/C22H21NO5S/c1-26-13-16-14-29-21(20(16)22(25)27-2)23-19(24)12-15-7-6-10-18(11-15)28-17-8-4-3-5-9-17/h3-11,14H,12-13H2,1-2H3,(H,23,24). The van der Waals surface area contributed by atoms with Crippen LogP contribution in [0.1, 0.15) is 21.5 Å². The number of amides is 1. The van der Waals surface area contributed by atoms with E-state index in [2.05, 4.69) is 5.32 Å². The molecule has 1 N–H and O–H groups in total. The second-order valence-corrected chi connectivity index (χ2v) is 7.06. The minimum absolute atomic E-state index is 0.143. The van der Waals surface area contributed by atoms with Crippen LogP contribution < -0.4 is 10.1 Å². The lowest BCUT2D eigenvalue weighted by atomic mass is 10.1. The number of nitrogens with one attached hydrogen (secondary N) is 1. The Morgan fingerprint density at radius 1 is 1.00 bits per heavy atom. The number of methoxy groups -OCH3 is 2. The Labute approximate surface area is 173 Å². The highest BCUT2D eigenvalue weighted by Crippen LogP contribution is 2.30. The highest BCUT2D eigenvalue weighted by molar-refractivity contribution is 7.15. The molecule has 7 heteroatoms. The molecule has 0 aliphatic heterocycles. The molecule has 0 saturated heterocycles. The fourth-order valence-corrected chi connectivity index (χ4v) is 3.72. The molecule has 0 unspecified atom stereocenters. The first-order valence-corrected chi connectivity index (χ1v) is 9.78. The minimum Gasteiger partial charge on any atom is -0.465 e. The average Bonchev–Trinajstić information content (AvgIpc) is 3.10. The van der Waals surface area contributed by atoms with Crippen molar-refractivity contribution in [2.75, 3.05) is 19.5 Å². The van der Waals surface area contributed by atoms with Crippen molar-refractivity contribution in [3.8, 4) is 11.5 Å². The summed E-state index contributed by atoms with van der Waals surface area (Å²) < 4.78 is 15.8. The van der Waals surface area contributed by atoms with Crippen LogP contribution in [0.5, 0.6) is 11.5 Å². The number of benzene rings is 2. The number of anilines is 1. The van der Waals surface area contributed by atoms with Gasteiger partial charge in [-0.25, -0.2) is 4.79 Å². The molecule has 1 aromatic heterocycles. The van der Waals surface area contributed by atoms with Gasteiger partial charge in [-0.15, -0.1) is 11.3 Å². The van der Waals surface area contributed by atoms with Crippen LogP contribution in [-0.4, -0.2) is 26.1 Å². The maximum Gasteiger partial charge on any atom is 0.341 e. The van der Waals surface area contributed by atoms with Crippen LogP contribution in [-0.2, 0) is 27.3 Å². The molecule has 2 aromatic carbocycles. The van der Waals surface area contributed by atoms with Gasteiger partial charge >= 0.3 is 5.97 Å². The topological polar surface area (TPSA) is 73.9 Å². The fourth-order valence-electron chi connectivity index (χ4n) is 2.77. The molecular formula is C22H21NO5S. The molecular weight excluding hydrogens is 390 g/mol. The zero-order valence-corrected chi connectivity index (χ0v) is 17.0. The number of hydrogen-bond acceptors (Lipinski definition) is 6. The summed E-state index contributed by atoms with van der Waals surface area (Å²) in [5.41, 5.74) is 1.80. The first kappa shape index (κ1) is 20.6. The van der Waals surface area contributed by atoms with Crippen LogP contribution in [0.2, 0.25) is 0 Å². The van der Waals surface area contributed by atoms with Crippen LogP contribution in [0.25, 0.3) is 0 Å². The molecule has 1 heterocycles. The number of esters is 1. The van der Waals surface area contributed by atoms with Crippen molar-refractivity contribution in [2.45, 2.75) is 13.0 Å². The molecule has 0 saturated carbocycles. The molecule has 0 aliphatic rings. The smallest absolute Gasteiger partial charge is 0.341 e. The van der Waals surface area contributed by atoms with Crippen LogP contribution in [0.15, 0.2) is 60.0 Å². The lowest BCUT2D eigenvalue weighted by Gasteiger charge is -2.09. The van der Waals surface area contributed by atoms with Gasteiger partial charge in [-0.3, -0.25) is 4.79 Å². The van der Waals surface area contributed by atoms with Gasteiger partial charge in [0, 0.05) is 12.7 Å². The Kier molecular flexibility index (Phi) is 6.99. The molecule has 0 spiro atoms. The van der Waals surface area contributed by atoms with E-state index in [1.165, 1.54) is 18.4 Å². The van der Waals surface area contributed by atoms with E-state index >= 15 is 0 Å². The molecule has 3 aromatic rings. The SMILES string of the molecule is COCc1csc(NC(=O)Cc2cccc(Oc3ccccc3)c2)c1C(=O)OC. The van der Waals surface area contributed by atoms with Crippen molar-refractivity contribution in [1.82, 2.24) is 0 Å². The molecule has 150 valence electrons. The molecule has 0 atom stereocenters. The molecule has 1 amide bonds. The van der Waals surface area contributed by atoms with Gasteiger partial charge < -0.3 is 19.5 Å². The molecule has 0 fully saturated rings. The highest BCUT2D eigenvalue weighted by atomic mass is 32.1. The van der Waals surface area contributed by atoms with Crippen LogP contribution >= 0.6 is 11.3 Å². The number of rotatable bonds is 8. The molecule has 0 radical (unpaired) electrons. The molecule has 0 aliphatic carbocycles. The third-order valence-corrected chi connectivity index (χ3v) is 5.00. The van der Waals surface area contributed by atoms with Crippen LogP contribution in [0, 0.1) is 0 Å². The number of para-hydroxylation sites is 1. The highest BCUT2D eigenvalue weighted by Gasteiger charge is 2.21. The van der Waals surface area contributed by atoms with E-state index < -0.39 is 5.97 Å². The molecule has 6 nitrogen and oxygen atoms in total. The molecule has 0 bridgehead atoms. The summed E-state index contributed by atoms with van der Waals surface area (Å²) in [6.45, 7) is 0.260. The van der Waals surface area contributed by atoms with E-state index in [9.17, 15) is 9.59 Å². The second kappa shape index (κ2) is 9.86. The van der Waals surface area contributed by atoms with Gasteiger partial charge in [-0.1, -0.05) is 30.3 Å². The first-order valence-electron chi connectivity index (χ1n) is 8.90. The van der Waals surface area contributed by atoms with Gasteiger partial charge in [-0.2, -0.15) is 0 Å². The van der Waals surface area contributed by atoms with E-state index in [4.69, 9.17) is 14.2 Å². The van der Waals surface area contributed by atoms with Crippen molar-refractivity contribution in [3.63, 3.8) is 0 Å². The molecule has 3 rings (SSSR count). The maximum absolute atomic E-state index is 12.6. The summed E-state index contributed by atoms with van der Waals surface area (Å²) in [5.74, 6) is 0.626. The Morgan fingerprint density at radius 2 is 1.76 bits per heavy atom. The second-order valence-electron chi connectivity index (χ2n) is 6.18. The van der Waals surface area contributed by atoms with Crippen molar-refractivity contribution < 1.29 is 23.8 Å². The van der Waals surface area contributed by atoms with Gasteiger partial charge in [0.15, 0.2) is 0 Å². The van der Waals surface area contributed by atoms with Gasteiger partial charge in [0.25, 0.3) is 0 Å². The zero-order valence-electron chi connectivity index (χ0n) is 16.1. The van der Waals surface area contributed by atoms with Crippen LogP contribution in [0.3, 0.4) is 0 Å². The van der Waals surface area contributed by atoms with E-state index in [0.717, 1.165) is 11.3 Å². The number of hydrogen-bond donors (Lipinski definition) is 1. The van der Waals surface area contributed by atoms with E-state index in [-0.39, 0.29) is 18.9 Å². The van der Waals surface area contributed by atoms with Crippen molar-refractivity contribution in [2.24, 2.45) is 0 Å². The Bertz CT molecular complexity index is 984. The average molecular weight is 411 g/mol. The third-order valence-electron chi connectivity index (χ3n) is 4.05. The number of carbonyl (C=O) groups excluding carboxylic acids is 2. The predicted molar refractivity (Wildman–Crippen MR) is 112 cm³/mol. The Morgan fingerprint density at radius 3 is 2.48 bits per heavy atom. The normalized spacial score (nSPS) is 10.4. The largest absolute Gasteiger partial charge is 0.465 e. The lowest BCUT2D eigenvalue weighted by Crippen LogP contribution is -2.16. The fraction of sp³-hybridized carbons (Fsp3) is 0.182. The van der Waals surface area contributed by atoms with Crippen molar-refractivity contribution in [1.29, 1.82) is 0 Å². The van der Waals surface area contributed by atoms with Gasteiger partial charge in [0.1, 0.15) is 16.5 Å². The Hall–Kier alpha value is -3.16. The third kappa shape index (κ3) is 5.43. The monoisotopic (exact) mass is 411 g/mol. The van der Waals surface area contributed by atoms with E-state index in [1.54, 1.807) is 12.5 Å². The van der Waals surface area contributed by atoms with Crippen molar-refractivity contribution >= 4 is 28.2 Å².